The van der Waals surface area contributed by atoms with Crippen LogP contribution in [0.25, 0.3) is 5.78 Å². The molecule has 158 valence electrons. The van der Waals surface area contributed by atoms with Crippen LogP contribution in [0.3, 0.4) is 0 Å². The molecule has 0 saturated carbocycles. The molecule has 1 fully saturated rings. The van der Waals surface area contributed by atoms with Crippen LogP contribution >= 0.6 is 0 Å². The van der Waals surface area contributed by atoms with Gasteiger partial charge in [0.25, 0.3) is 5.78 Å². The fourth-order valence-corrected chi connectivity index (χ4v) is 4.36. The summed E-state index contributed by atoms with van der Waals surface area (Å²) in [6, 6.07) is 10.8. The Bertz CT molecular complexity index is 1000. The van der Waals surface area contributed by atoms with Gasteiger partial charge in [-0.2, -0.15) is 10.1 Å². The summed E-state index contributed by atoms with van der Waals surface area (Å²) in [6.45, 7) is 7.07. The smallest absolute Gasteiger partial charge is 0.252 e. The van der Waals surface area contributed by atoms with Gasteiger partial charge < -0.3 is 10.2 Å². The first kappa shape index (κ1) is 20.5. The fraction of sp³-hybridized carbons (Fsp3) is 0.478. The summed E-state index contributed by atoms with van der Waals surface area (Å²) in [6.07, 6.45) is 5.87. The standard InChI is InChI=1S/C23H30N6O/c1-17-21(18(2)29-23(26-17)24-16-25-29)10-11-22(30)27-20-9-6-13-28(15-20)14-12-19-7-4-3-5-8-19/h3-5,7-8,16,20H,6,9-15H2,1-2H3,(H,27,30)/t20-/m1/s1. The molecule has 3 heterocycles. The van der Waals surface area contributed by atoms with Gasteiger partial charge >= 0.3 is 0 Å². The summed E-state index contributed by atoms with van der Waals surface area (Å²) in [5, 5.41) is 7.48. The van der Waals surface area contributed by atoms with Crippen molar-refractivity contribution in [3.63, 3.8) is 0 Å². The van der Waals surface area contributed by atoms with Crippen molar-refractivity contribution in [1.29, 1.82) is 0 Å². The number of aryl methyl sites for hydroxylation is 2. The third-order valence-electron chi connectivity index (χ3n) is 6.02. The average molecular weight is 407 g/mol. The highest BCUT2D eigenvalue weighted by Crippen LogP contribution is 2.16. The van der Waals surface area contributed by atoms with E-state index in [1.807, 2.05) is 13.8 Å². The summed E-state index contributed by atoms with van der Waals surface area (Å²) < 4.78 is 1.74. The summed E-state index contributed by atoms with van der Waals surface area (Å²) in [5.74, 6) is 0.721. The third-order valence-corrected chi connectivity index (χ3v) is 6.02. The van der Waals surface area contributed by atoms with Crippen LogP contribution in [0.15, 0.2) is 36.7 Å². The van der Waals surface area contributed by atoms with Gasteiger partial charge in [-0.15, -0.1) is 0 Å². The van der Waals surface area contributed by atoms with E-state index in [9.17, 15) is 4.79 Å². The molecule has 1 saturated heterocycles. The zero-order valence-corrected chi connectivity index (χ0v) is 17.8. The number of hydrogen-bond acceptors (Lipinski definition) is 5. The van der Waals surface area contributed by atoms with Crippen molar-refractivity contribution >= 4 is 11.7 Å². The lowest BCUT2D eigenvalue weighted by Crippen LogP contribution is -2.48. The van der Waals surface area contributed by atoms with Gasteiger partial charge in [0.2, 0.25) is 5.91 Å². The number of aromatic nitrogens is 4. The van der Waals surface area contributed by atoms with Crippen molar-refractivity contribution < 1.29 is 4.79 Å². The van der Waals surface area contributed by atoms with Crippen LogP contribution in [0.1, 0.15) is 41.8 Å². The van der Waals surface area contributed by atoms with E-state index in [0.29, 0.717) is 18.6 Å². The van der Waals surface area contributed by atoms with Gasteiger partial charge in [0, 0.05) is 36.9 Å². The number of nitrogens with one attached hydrogen (secondary N) is 1. The zero-order valence-electron chi connectivity index (χ0n) is 17.8. The first-order chi connectivity index (χ1) is 14.6. The van der Waals surface area contributed by atoms with Crippen molar-refractivity contribution in [2.75, 3.05) is 19.6 Å². The number of likely N-dealkylation sites (tertiary alicyclic amines) is 1. The van der Waals surface area contributed by atoms with Crippen LogP contribution in [-0.2, 0) is 17.6 Å². The second-order valence-electron chi connectivity index (χ2n) is 8.18. The Morgan fingerprint density at radius 2 is 2.03 bits per heavy atom. The minimum absolute atomic E-state index is 0.113. The number of rotatable bonds is 7. The molecule has 0 radical (unpaired) electrons. The van der Waals surface area contributed by atoms with Crippen molar-refractivity contribution in [1.82, 2.24) is 29.8 Å². The van der Waals surface area contributed by atoms with Crippen LogP contribution in [0, 0.1) is 13.8 Å². The lowest BCUT2D eigenvalue weighted by atomic mass is 10.0. The molecule has 1 aliphatic heterocycles. The third kappa shape index (κ3) is 4.84. The van der Waals surface area contributed by atoms with E-state index < -0.39 is 0 Å². The highest BCUT2D eigenvalue weighted by atomic mass is 16.1. The highest BCUT2D eigenvalue weighted by molar-refractivity contribution is 5.76. The van der Waals surface area contributed by atoms with Crippen LogP contribution in [-0.4, -0.2) is 56.1 Å². The summed E-state index contributed by atoms with van der Waals surface area (Å²) in [7, 11) is 0. The maximum atomic E-state index is 12.6. The van der Waals surface area contributed by atoms with E-state index in [4.69, 9.17) is 0 Å². The highest BCUT2D eigenvalue weighted by Gasteiger charge is 2.21. The molecule has 1 aliphatic rings. The Morgan fingerprint density at radius 1 is 1.20 bits per heavy atom. The van der Waals surface area contributed by atoms with Crippen LogP contribution in [0.4, 0.5) is 0 Å². The first-order valence-electron chi connectivity index (χ1n) is 10.8. The summed E-state index contributed by atoms with van der Waals surface area (Å²) in [5.41, 5.74) is 4.38. The number of fused-ring (bicyclic) bond motifs is 1. The molecule has 1 aromatic carbocycles. The number of benzene rings is 1. The number of carbonyl (C=O) groups is 1. The Kier molecular flexibility index (Phi) is 6.38. The van der Waals surface area contributed by atoms with Gasteiger partial charge in [-0.1, -0.05) is 30.3 Å². The van der Waals surface area contributed by atoms with Crippen molar-refractivity contribution in [2.45, 2.75) is 52.0 Å². The first-order valence-corrected chi connectivity index (χ1v) is 10.8. The Labute approximate surface area is 177 Å². The van der Waals surface area contributed by atoms with Crippen molar-refractivity contribution in [3.8, 4) is 0 Å². The molecule has 0 aliphatic carbocycles. The number of carbonyl (C=O) groups excluding carboxylic acids is 1. The molecular formula is C23H30N6O. The zero-order chi connectivity index (χ0) is 20.9. The van der Waals surface area contributed by atoms with E-state index >= 15 is 0 Å². The number of amides is 1. The van der Waals surface area contributed by atoms with E-state index in [2.05, 4.69) is 55.6 Å². The molecule has 0 bridgehead atoms. The molecule has 3 aromatic rings. The molecular weight excluding hydrogens is 376 g/mol. The van der Waals surface area contributed by atoms with Gasteiger partial charge in [0.15, 0.2) is 0 Å². The topological polar surface area (TPSA) is 75.4 Å². The Morgan fingerprint density at radius 3 is 2.87 bits per heavy atom. The molecule has 30 heavy (non-hydrogen) atoms. The van der Waals surface area contributed by atoms with E-state index in [0.717, 1.165) is 55.8 Å². The predicted octanol–water partition coefficient (Wildman–Crippen LogP) is 2.50. The maximum absolute atomic E-state index is 12.6. The molecule has 2 aromatic heterocycles. The van der Waals surface area contributed by atoms with Gasteiger partial charge in [0.1, 0.15) is 6.33 Å². The lowest BCUT2D eigenvalue weighted by Gasteiger charge is -2.33. The van der Waals surface area contributed by atoms with E-state index in [1.54, 1.807) is 4.52 Å². The maximum Gasteiger partial charge on any atom is 0.252 e. The molecule has 1 N–H and O–H groups in total. The second-order valence-corrected chi connectivity index (χ2v) is 8.18. The minimum atomic E-state index is 0.113. The van der Waals surface area contributed by atoms with Gasteiger partial charge in [0.05, 0.1) is 0 Å². The average Bonchev–Trinajstić information content (AvgIpc) is 3.22. The molecule has 1 atom stereocenters. The number of piperidine rings is 1. The van der Waals surface area contributed by atoms with Crippen molar-refractivity contribution in [3.05, 3.63) is 59.2 Å². The minimum Gasteiger partial charge on any atom is -0.352 e. The van der Waals surface area contributed by atoms with E-state index in [-0.39, 0.29) is 11.9 Å². The molecule has 7 nitrogen and oxygen atoms in total. The van der Waals surface area contributed by atoms with Crippen LogP contribution in [0.5, 0.6) is 0 Å². The molecule has 0 unspecified atom stereocenters. The predicted molar refractivity (Wildman–Crippen MR) is 116 cm³/mol. The number of hydrogen-bond donors (Lipinski definition) is 1. The fourth-order valence-electron chi connectivity index (χ4n) is 4.36. The second kappa shape index (κ2) is 9.34. The quantitative estimate of drug-likeness (QED) is 0.652. The lowest BCUT2D eigenvalue weighted by molar-refractivity contribution is -0.122. The van der Waals surface area contributed by atoms with Crippen LogP contribution < -0.4 is 5.32 Å². The SMILES string of the molecule is Cc1nc2ncnn2c(C)c1CCC(=O)N[C@@H]1CCCN(CCc2ccccc2)C1. The van der Waals surface area contributed by atoms with Gasteiger partial charge in [-0.25, -0.2) is 9.50 Å². The molecule has 4 rings (SSSR count). The summed E-state index contributed by atoms with van der Waals surface area (Å²) >= 11 is 0. The summed E-state index contributed by atoms with van der Waals surface area (Å²) in [4.78, 5) is 23.7. The van der Waals surface area contributed by atoms with E-state index in [1.165, 1.54) is 11.9 Å². The molecule has 7 heteroatoms. The number of nitrogens with zero attached hydrogens (tertiary/aromatic N) is 5. The van der Waals surface area contributed by atoms with Crippen LogP contribution in [0.2, 0.25) is 0 Å². The monoisotopic (exact) mass is 406 g/mol. The largest absolute Gasteiger partial charge is 0.352 e. The molecule has 0 spiro atoms. The van der Waals surface area contributed by atoms with Gasteiger partial charge in [-0.3, -0.25) is 4.79 Å². The molecule has 1 amide bonds. The Hall–Kier alpha value is -2.80. The normalized spacial score (nSPS) is 17.3. The van der Waals surface area contributed by atoms with Crippen molar-refractivity contribution in [2.24, 2.45) is 0 Å². The Balaban J connectivity index is 1.27. The van der Waals surface area contributed by atoms with Gasteiger partial charge in [-0.05, 0) is 57.2 Å².